The summed E-state index contributed by atoms with van der Waals surface area (Å²) >= 11 is 0. The summed E-state index contributed by atoms with van der Waals surface area (Å²) in [6, 6.07) is 10.6. The third kappa shape index (κ3) is 5.72. The van der Waals surface area contributed by atoms with Crippen LogP contribution in [0.3, 0.4) is 0 Å². The van der Waals surface area contributed by atoms with Gasteiger partial charge in [-0.2, -0.15) is 0 Å². The minimum absolute atomic E-state index is 0.467. The van der Waals surface area contributed by atoms with Crippen molar-refractivity contribution in [1.82, 2.24) is 10.2 Å². The number of hydrogen-bond donors (Lipinski definition) is 1. The second kappa shape index (κ2) is 8.31. The lowest BCUT2D eigenvalue weighted by molar-refractivity contribution is 0.0815. The molecule has 1 atom stereocenters. The Bertz CT molecular complexity index is 336. The van der Waals surface area contributed by atoms with E-state index in [1.54, 1.807) is 0 Å². The van der Waals surface area contributed by atoms with E-state index in [1.165, 1.54) is 18.4 Å². The minimum Gasteiger partial charge on any atom is -0.377 e. The van der Waals surface area contributed by atoms with Gasteiger partial charge >= 0.3 is 0 Å². The summed E-state index contributed by atoms with van der Waals surface area (Å²) in [5.74, 6) is 0. The van der Waals surface area contributed by atoms with Gasteiger partial charge in [0.05, 0.1) is 6.10 Å². The van der Waals surface area contributed by atoms with Gasteiger partial charge in [0.1, 0.15) is 0 Å². The molecule has 3 heteroatoms. The third-order valence-electron chi connectivity index (χ3n) is 3.64. The quantitative estimate of drug-likeness (QED) is 0.725. The van der Waals surface area contributed by atoms with Crippen LogP contribution in [0.25, 0.3) is 0 Å². The highest BCUT2D eigenvalue weighted by molar-refractivity contribution is 5.14. The normalized spacial score (nSPS) is 19.2. The predicted molar refractivity (Wildman–Crippen MR) is 79.5 cm³/mol. The van der Waals surface area contributed by atoms with E-state index in [2.05, 4.69) is 47.6 Å². The lowest BCUT2D eigenvalue weighted by Crippen LogP contribution is -2.35. The minimum atomic E-state index is 0.467. The summed E-state index contributed by atoms with van der Waals surface area (Å²) in [6.07, 6.45) is 4.03. The first-order valence-electron chi connectivity index (χ1n) is 7.39. The highest BCUT2D eigenvalue weighted by atomic mass is 16.5. The largest absolute Gasteiger partial charge is 0.377 e. The molecule has 1 N–H and O–H groups in total. The molecule has 1 fully saturated rings. The Morgan fingerprint density at radius 2 is 2.11 bits per heavy atom. The van der Waals surface area contributed by atoms with Gasteiger partial charge in [-0.25, -0.2) is 0 Å². The first-order valence-corrected chi connectivity index (χ1v) is 7.39. The number of nitrogens with one attached hydrogen (secondary N) is 1. The molecule has 0 aromatic heterocycles. The number of likely N-dealkylation sites (N-methyl/N-ethyl adjacent to an activating group) is 1. The molecule has 2 rings (SSSR count). The fourth-order valence-corrected chi connectivity index (χ4v) is 2.50. The molecule has 19 heavy (non-hydrogen) atoms. The maximum Gasteiger partial charge on any atom is 0.0702 e. The highest BCUT2D eigenvalue weighted by Gasteiger charge is 2.16. The van der Waals surface area contributed by atoms with Gasteiger partial charge < -0.3 is 15.0 Å². The maximum absolute atomic E-state index is 5.65. The van der Waals surface area contributed by atoms with Crippen molar-refractivity contribution in [2.75, 3.05) is 39.8 Å². The molecule has 1 aromatic rings. The van der Waals surface area contributed by atoms with Crippen molar-refractivity contribution in [2.45, 2.75) is 25.4 Å². The van der Waals surface area contributed by atoms with E-state index < -0.39 is 0 Å². The Morgan fingerprint density at radius 3 is 2.84 bits per heavy atom. The average molecular weight is 262 g/mol. The topological polar surface area (TPSA) is 24.5 Å². The zero-order chi connectivity index (χ0) is 13.3. The lowest BCUT2D eigenvalue weighted by Gasteiger charge is -2.20. The number of benzene rings is 1. The molecule has 1 aliphatic heterocycles. The zero-order valence-electron chi connectivity index (χ0n) is 12.0. The van der Waals surface area contributed by atoms with Crippen molar-refractivity contribution in [3.05, 3.63) is 35.9 Å². The van der Waals surface area contributed by atoms with Crippen molar-refractivity contribution in [3.8, 4) is 0 Å². The molecule has 0 bridgehead atoms. The zero-order valence-corrected chi connectivity index (χ0v) is 12.0. The van der Waals surface area contributed by atoms with Crippen molar-refractivity contribution < 1.29 is 4.74 Å². The van der Waals surface area contributed by atoms with E-state index in [-0.39, 0.29) is 0 Å². The summed E-state index contributed by atoms with van der Waals surface area (Å²) in [5, 5.41) is 3.51. The second-order valence-electron chi connectivity index (χ2n) is 5.38. The summed E-state index contributed by atoms with van der Waals surface area (Å²) < 4.78 is 5.65. The van der Waals surface area contributed by atoms with Crippen molar-refractivity contribution in [1.29, 1.82) is 0 Å². The van der Waals surface area contributed by atoms with Crippen LogP contribution in [-0.2, 0) is 11.2 Å². The molecule has 1 unspecified atom stereocenters. The Kier molecular flexibility index (Phi) is 6.34. The van der Waals surface area contributed by atoms with Crippen LogP contribution >= 0.6 is 0 Å². The van der Waals surface area contributed by atoms with Crippen LogP contribution in [0.15, 0.2) is 30.3 Å². The first kappa shape index (κ1) is 14.5. The Hall–Kier alpha value is -0.900. The fraction of sp³-hybridized carbons (Fsp3) is 0.625. The van der Waals surface area contributed by atoms with Crippen LogP contribution in [0, 0.1) is 0 Å². The van der Waals surface area contributed by atoms with Crippen LogP contribution in [0.1, 0.15) is 18.4 Å². The summed E-state index contributed by atoms with van der Waals surface area (Å²) in [4.78, 5) is 2.37. The van der Waals surface area contributed by atoms with E-state index in [9.17, 15) is 0 Å². The van der Waals surface area contributed by atoms with Crippen molar-refractivity contribution >= 4 is 0 Å². The van der Waals surface area contributed by atoms with Crippen molar-refractivity contribution in [3.63, 3.8) is 0 Å². The van der Waals surface area contributed by atoms with Crippen LogP contribution in [0.4, 0.5) is 0 Å². The Morgan fingerprint density at radius 1 is 1.26 bits per heavy atom. The van der Waals surface area contributed by atoms with Crippen LogP contribution in [-0.4, -0.2) is 50.8 Å². The van der Waals surface area contributed by atoms with Gasteiger partial charge in [-0.05, 0) is 38.4 Å². The van der Waals surface area contributed by atoms with E-state index >= 15 is 0 Å². The average Bonchev–Trinajstić information content (AvgIpc) is 2.92. The predicted octanol–water partition coefficient (Wildman–Crippen LogP) is 1.93. The number of rotatable bonds is 8. The molecule has 1 aliphatic rings. The van der Waals surface area contributed by atoms with Crippen LogP contribution in [0.2, 0.25) is 0 Å². The molecule has 0 spiro atoms. The summed E-state index contributed by atoms with van der Waals surface area (Å²) in [6.45, 7) is 5.22. The van der Waals surface area contributed by atoms with Crippen LogP contribution in [0.5, 0.6) is 0 Å². The Labute approximate surface area is 116 Å². The van der Waals surface area contributed by atoms with Gasteiger partial charge in [-0.1, -0.05) is 30.3 Å². The molecule has 0 aliphatic carbocycles. The molecule has 1 heterocycles. The lowest BCUT2D eigenvalue weighted by atomic mass is 10.1. The van der Waals surface area contributed by atoms with Gasteiger partial charge in [-0.15, -0.1) is 0 Å². The molecule has 0 amide bonds. The van der Waals surface area contributed by atoms with Gasteiger partial charge in [0, 0.05) is 26.2 Å². The highest BCUT2D eigenvalue weighted by Crippen LogP contribution is 2.12. The molecular formula is C16H26N2O. The summed E-state index contributed by atoms with van der Waals surface area (Å²) in [7, 11) is 2.18. The number of hydrogen-bond acceptors (Lipinski definition) is 3. The van der Waals surface area contributed by atoms with Crippen molar-refractivity contribution in [2.24, 2.45) is 0 Å². The molecule has 1 aromatic carbocycles. The molecule has 3 nitrogen and oxygen atoms in total. The fourth-order valence-electron chi connectivity index (χ4n) is 2.50. The maximum atomic E-state index is 5.65. The van der Waals surface area contributed by atoms with Gasteiger partial charge in [0.15, 0.2) is 0 Å². The SMILES string of the molecule is CN(CCNCCc1ccccc1)CC1CCCO1. The van der Waals surface area contributed by atoms with E-state index in [1.807, 2.05) is 0 Å². The number of nitrogens with zero attached hydrogens (tertiary/aromatic N) is 1. The van der Waals surface area contributed by atoms with Crippen LogP contribution < -0.4 is 5.32 Å². The second-order valence-corrected chi connectivity index (χ2v) is 5.38. The standard InChI is InChI=1S/C16H26N2O/c1-18(14-16-8-5-13-19-16)12-11-17-10-9-15-6-3-2-4-7-15/h2-4,6-7,16-17H,5,8-14H2,1H3. The van der Waals surface area contributed by atoms with Gasteiger partial charge in [-0.3, -0.25) is 0 Å². The van der Waals surface area contributed by atoms with E-state index in [0.717, 1.165) is 39.2 Å². The molecule has 106 valence electrons. The molecule has 0 radical (unpaired) electrons. The summed E-state index contributed by atoms with van der Waals surface area (Å²) in [5.41, 5.74) is 1.41. The first-order chi connectivity index (χ1) is 9.34. The van der Waals surface area contributed by atoms with E-state index in [4.69, 9.17) is 4.74 Å². The van der Waals surface area contributed by atoms with E-state index in [0.29, 0.717) is 6.10 Å². The monoisotopic (exact) mass is 262 g/mol. The smallest absolute Gasteiger partial charge is 0.0702 e. The number of ether oxygens (including phenoxy) is 1. The van der Waals surface area contributed by atoms with Gasteiger partial charge in [0.2, 0.25) is 0 Å². The third-order valence-corrected chi connectivity index (χ3v) is 3.64. The molecular weight excluding hydrogens is 236 g/mol. The Balaban J connectivity index is 1.49. The molecule has 1 saturated heterocycles. The van der Waals surface area contributed by atoms with Gasteiger partial charge in [0.25, 0.3) is 0 Å². The molecule has 0 saturated carbocycles.